The Morgan fingerprint density at radius 2 is 1.71 bits per heavy atom. The van der Waals surface area contributed by atoms with Gasteiger partial charge in [0.2, 0.25) is 5.91 Å². The van der Waals surface area contributed by atoms with Gasteiger partial charge in [-0.2, -0.15) is 0 Å². The molecule has 0 aromatic heterocycles. The Labute approximate surface area is 186 Å². The highest BCUT2D eigenvalue weighted by Gasteiger charge is 2.16. The maximum atomic E-state index is 12.4. The van der Waals surface area contributed by atoms with E-state index in [2.05, 4.69) is 17.4 Å². The number of nitrogens with zero attached hydrogens (tertiary/aromatic N) is 2. The molecule has 1 amide bonds. The van der Waals surface area contributed by atoms with Gasteiger partial charge in [-0.3, -0.25) is 9.79 Å². The minimum absolute atomic E-state index is 0.0359. The molecule has 1 aliphatic rings. The summed E-state index contributed by atoms with van der Waals surface area (Å²) >= 11 is 1.46. The van der Waals surface area contributed by atoms with Crippen LogP contribution in [-0.4, -0.2) is 29.5 Å². The van der Waals surface area contributed by atoms with E-state index in [4.69, 9.17) is 14.7 Å². The number of ether oxygens (including phenoxy) is 1. The summed E-state index contributed by atoms with van der Waals surface area (Å²) < 4.78 is 5.23. The fourth-order valence-corrected chi connectivity index (χ4v) is 4.02. The first-order valence-electron chi connectivity index (χ1n) is 10.0. The van der Waals surface area contributed by atoms with Crippen molar-refractivity contribution in [2.75, 3.05) is 12.9 Å². The first kappa shape index (κ1) is 20.9. The summed E-state index contributed by atoms with van der Waals surface area (Å²) in [6.07, 6.45) is 0.590. The van der Waals surface area contributed by atoms with E-state index in [9.17, 15) is 4.79 Å². The highest BCUT2D eigenvalue weighted by molar-refractivity contribution is 8.14. The molecule has 5 nitrogen and oxygen atoms in total. The highest BCUT2D eigenvalue weighted by atomic mass is 32.2. The van der Waals surface area contributed by atoms with Crippen molar-refractivity contribution in [3.8, 4) is 5.75 Å². The van der Waals surface area contributed by atoms with Crippen LogP contribution in [0.5, 0.6) is 5.75 Å². The van der Waals surface area contributed by atoms with Gasteiger partial charge in [-0.05, 0) is 35.4 Å². The van der Waals surface area contributed by atoms with Gasteiger partial charge in [-0.25, -0.2) is 4.99 Å². The molecular weight excluding hydrogens is 406 g/mol. The van der Waals surface area contributed by atoms with Crippen molar-refractivity contribution in [1.82, 2.24) is 5.32 Å². The van der Waals surface area contributed by atoms with Gasteiger partial charge >= 0.3 is 0 Å². The molecule has 3 aromatic carbocycles. The molecule has 1 heterocycles. The lowest BCUT2D eigenvalue weighted by Crippen LogP contribution is -2.25. The molecule has 0 atom stereocenters. The summed E-state index contributed by atoms with van der Waals surface area (Å²) in [4.78, 5) is 22.1. The second-order valence-corrected chi connectivity index (χ2v) is 8.06. The maximum Gasteiger partial charge on any atom is 0.230 e. The van der Waals surface area contributed by atoms with Crippen LogP contribution in [0.1, 0.15) is 17.5 Å². The molecule has 0 aliphatic carbocycles. The molecule has 0 fully saturated rings. The second kappa shape index (κ2) is 10.1. The molecule has 0 saturated heterocycles. The number of aliphatic imine (C=N–C) groups is 2. The van der Waals surface area contributed by atoms with E-state index >= 15 is 0 Å². The normalized spacial score (nSPS) is 12.8. The number of fused-ring (bicyclic) bond motifs is 1. The van der Waals surface area contributed by atoms with Gasteiger partial charge in [0.1, 0.15) is 5.75 Å². The Balaban J connectivity index is 1.43. The zero-order chi connectivity index (χ0) is 21.5. The van der Waals surface area contributed by atoms with Crippen molar-refractivity contribution in [3.05, 3.63) is 90.0 Å². The Morgan fingerprint density at radius 1 is 0.968 bits per heavy atom. The van der Waals surface area contributed by atoms with Gasteiger partial charge in [-0.15, -0.1) is 11.8 Å². The van der Waals surface area contributed by atoms with E-state index in [1.807, 2.05) is 66.7 Å². The molecular formula is C25H23N3O2S. The standard InChI is InChI=1S/C25H23N3O2S/c1-30-20-11-7-8-18(14-20)16-26-24(29)17-31-25-15-23(19-9-3-2-4-10-19)27-21-12-5-6-13-22(21)28-25/h2-14H,15-17H2,1H3,(H,26,29). The molecule has 31 heavy (non-hydrogen) atoms. The minimum Gasteiger partial charge on any atom is -0.497 e. The number of hydrogen-bond acceptors (Lipinski definition) is 5. The topological polar surface area (TPSA) is 63.0 Å². The molecule has 1 aliphatic heterocycles. The summed E-state index contributed by atoms with van der Waals surface area (Å²) in [6, 6.07) is 25.6. The van der Waals surface area contributed by atoms with E-state index in [0.29, 0.717) is 18.7 Å². The largest absolute Gasteiger partial charge is 0.497 e. The van der Waals surface area contributed by atoms with Gasteiger partial charge in [-0.1, -0.05) is 54.6 Å². The molecule has 0 unspecified atom stereocenters. The number of amides is 1. The van der Waals surface area contributed by atoms with E-state index in [1.165, 1.54) is 11.8 Å². The van der Waals surface area contributed by atoms with Crippen LogP contribution in [0, 0.1) is 0 Å². The smallest absolute Gasteiger partial charge is 0.230 e. The van der Waals surface area contributed by atoms with Crippen LogP contribution in [0.4, 0.5) is 11.4 Å². The molecule has 156 valence electrons. The van der Waals surface area contributed by atoms with Crippen molar-refractivity contribution >= 4 is 39.8 Å². The number of carbonyl (C=O) groups is 1. The number of thioether (sulfide) groups is 1. The van der Waals surface area contributed by atoms with Gasteiger partial charge in [0.25, 0.3) is 0 Å². The van der Waals surface area contributed by atoms with Crippen molar-refractivity contribution in [3.63, 3.8) is 0 Å². The Morgan fingerprint density at radius 3 is 2.48 bits per heavy atom. The van der Waals surface area contributed by atoms with E-state index < -0.39 is 0 Å². The highest BCUT2D eigenvalue weighted by Crippen LogP contribution is 2.33. The van der Waals surface area contributed by atoms with E-state index in [-0.39, 0.29) is 5.91 Å². The summed E-state index contributed by atoms with van der Waals surface area (Å²) in [6.45, 7) is 0.461. The van der Waals surface area contributed by atoms with Crippen LogP contribution in [-0.2, 0) is 11.3 Å². The first-order chi connectivity index (χ1) is 15.2. The van der Waals surface area contributed by atoms with Gasteiger partial charge in [0.15, 0.2) is 0 Å². The summed E-state index contributed by atoms with van der Waals surface area (Å²) in [7, 11) is 1.63. The fraction of sp³-hybridized carbons (Fsp3) is 0.160. The maximum absolute atomic E-state index is 12.4. The van der Waals surface area contributed by atoms with Crippen LogP contribution in [0.15, 0.2) is 88.8 Å². The third-order valence-corrected chi connectivity index (χ3v) is 5.78. The third kappa shape index (κ3) is 5.61. The Bertz CT molecular complexity index is 1130. The molecule has 4 rings (SSSR count). The molecule has 3 aromatic rings. The SMILES string of the molecule is COc1cccc(CNC(=O)CSC2=Nc3ccccc3N=C(c3ccccc3)C2)c1. The predicted octanol–water partition coefficient (Wildman–Crippen LogP) is 5.30. The van der Waals surface area contributed by atoms with Crippen LogP contribution in [0.2, 0.25) is 0 Å². The third-order valence-electron chi connectivity index (χ3n) is 4.80. The quantitative estimate of drug-likeness (QED) is 0.578. The lowest BCUT2D eigenvalue weighted by atomic mass is 10.1. The number of rotatable bonds is 6. The zero-order valence-electron chi connectivity index (χ0n) is 17.2. The lowest BCUT2D eigenvalue weighted by Gasteiger charge is -2.09. The predicted molar refractivity (Wildman–Crippen MR) is 128 cm³/mol. The van der Waals surface area contributed by atoms with E-state index in [1.54, 1.807) is 7.11 Å². The van der Waals surface area contributed by atoms with Crippen LogP contribution >= 0.6 is 11.8 Å². The molecule has 6 heteroatoms. The lowest BCUT2D eigenvalue weighted by molar-refractivity contribution is -0.118. The first-order valence-corrected chi connectivity index (χ1v) is 11.0. The summed E-state index contributed by atoms with van der Waals surface area (Å²) in [5, 5.41) is 3.85. The van der Waals surface area contributed by atoms with E-state index in [0.717, 1.165) is 39.0 Å². The van der Waals surface area contributed by atoms with Crippen LogP contribution in [0.25, 0.3) is 0 Å². The number of carbonyl (C=O) groups excluding carboxylic acids is 1. The molecule has 1 N–H and O–H groups in total. The summed E-state index contributed by atoms with van der Waals surface area (Å²) in [5.41, 5.74) is 4.69. The molecule has 0 radical (unpaired) electrons. The van der Waals surface area contributed by atoms with Gasteiger partial charge in [0.05, 0.1) is 35.0 Å². The van der Waals surface area contributed by atoms with Crippen molar-refractivity contribution in [2.24, 2.45) is 9.98 Å². The van der Waals surface area contributed by atoms with Gasteiger partial charge < -0.3 is 10.1 Å². The molecule has 0 bridgehead atoms. The number of methoxy groups -OCH3 is 1. The Kier molecular flexibility index (Phi) is 6.79. The van der Waals surface area contributed by atoms with Gasteiger partial charge in [0, 0.05) is 13.0 Å². The number of hydrogen-bond donors (Lipinski definition) is 1. The Hall–Kier alpha value is -3.38. The number of para-hydroxylation sites is 2. The average Bonchev–Trinajstić information content (AvgIpc) is 3.01. The fourth-order valence-electron chi connectivity index (χ4n) is 3.22. The zero-order valence-corrected chi connectivity index (χ0v) is 18.1. The number of benzene rings is 3. The monoisotopic (exact) mass is 429 g/mol. The average molecular weight is 430 g/mol. The summed E-state index contributed by atoms with van der Waals surface area (Å²) in [5.74, 6) is 1.04. The van der Waals surface area contributed by atoms with Crippen LogP contribution < -0.4 is 10.1 Å². The molecule has 0 spiro atoms. The second-order valence-electron chi connectivity index (χ2n) is 7.01. The van der Waals surface area contributed by atoms with Crippen molar-refractivity contribution in [1.29, 1.82) is 0 Å². The van der Waals surface area contributed by atoms with Crippen molar-refractivity contribution in [2.45, 2.75) is 13.0 Å². The van der Waals surface area contributed by atoms with Crippen molar-refractivity contribution < 1.29 is 9.53 Å². The molecule has 0 saturated carbocycles. The number of nitrogens with one attached hydrogen (secondary N) is 1. The van der Waals surface area contributed by atoms with Crippen LogP contribution in [0.3, 0.4) is 0 Å². The minimum atomic E-state index is -0.0359.